The van der Waals surface area contributed by atoms with E-state index in [1.54, 1.807) is 11.0 Å². The van der Waals surface area contributed by atoms with E-state index < -0.39 is 17.7 Å². The Morgan fingerprint density at radius 3 is 2.27 bits per heavy atom. The molecule has 0 spiro atoms. The second kappa shape index (κ2) is 11.2. The predicted octanol–water partition coefficient (Wildman–Crippen LogP) is 4.69. The van der Waals surface area contributed by atoms with Crippen LogP contribution in [0.15, 0.2) is 36.4 Å². The molecule has 1 aliphatic heterocycles. The van der Waals surface area contributed by atoms with E-state index in [1.807, 2.05) is 26.0 Å². The Morgan fingerprint density at radius 1 is 0.970 bits per heavy atom. The Balaban J connectivity index is 1.54. The number of hydrogen-bond donors (Lipinski definition) is 1. The van der Waals surface area contributed by atoms with Crippen molar-refractivity contribution in [3.8, 4) is 0 Å². The molecule has 0 aliphatic carbocycles. The van der Waals surface area contributed by atoms with E-state index in [2.05, 4.69) is 10.2 Å². The maximum atomic E-state index is 13.4. The van der Waals surface area contributed by atoms with E-state index in [1.165, 1.54) is 6.07 Å². The fourth-order valence-corrected chi connectivity index (χ4v) is 4.07. The molecule has 1 aliphatic rings. The van der Waals surface area contributed by atoms with Gasteiger partial charge < -0.3 is 15.1 Å². The van der Waals surface area contributed by atoms with Gasteiger partial charge in [-0.1, -0.05) is 43.1 Å². The molecule has 0 unspecified atom stereocenters. The van der Waals surface area contributed by atoms with Gasteiger partial charge in [0, 0.05) is 38.3 Å². The van der Waals surface area contributed by atoms with E-state index >= 15 is 0 Å². The first-order valence-electron chi connectivity index (χ1n) is 10.9. The summed E-state index contributed by atoms with van der Waals surface area (Å²) >= 11 is 12.1. The molecule has 178 valence electrons. The van der Waals surface area contributed by atoms with Crippen LogP contribution >= 0.6 is 23.2 Å². The molecule has 33 heavy (non-hydrogen) atoms. The lowest BCUT2D eigenvalue weighted by molar-refractivity contribution is -0.138. The van der Waals surface area contributed by atoms with Crippen LogP contribution in [0.4, 0.5) is 14.5 Å². The summed E-state index contributed by atoms with van der Waals surface area (Å²) in [6.07, 6.45) is 0.330. The number of piperazine rings is 1. The van der Waals surface area contributed by atoms with Gasteiger partial charge in [-0.3, -0.25) is 9.59 Å². The lowest BCUT2D eigenvalue weighted by atomic mass is 10.0. The van der Waals surface area contributed by atoms with Crippen LogP contribution in [0.25, 0.3) is 0 Å². The van der Waals surface area contributed by atoms with Crippen molar-refractivity contribution >= 4 is 40.7 Å². The van der Waals surface area contributed by atoms with E-state index in [0.29, 0.717) is 41.8 Å². The number of anilines is 1. The Morgan fingerprint density at radius 2 is 1.67 bits per heavy atom. The van der Waals surface area contributed by atoms with Crippen molar-refractivity contribution in [2.45, 2.75) is 32.7 Å². The van der Waals surface area contributed by atoms with Gasteiger partial charge in [-0.05, 0) is 48.2 Å². The summed E-state index contributed by atoms with van der Waals surface area (Å²) in [4.78, 5) is 29.5. The number of rotatable bonds is 7. The van der Waals surface area contributed by atoms with Gasteiger partial charge in [0.05, 0.1) is 10.0 Å². The maximum Gasteiger partial charge on any atom is 0.245 e. The zero-order valence-corrected chi connectivity index (χ0v) is 20.1. The van der Waals surface area contributed by atoms with Crippen LogP contribution < -0.4 is 10.2 Å². The SMILES string of the molecule is CC(C)[C@@H](NC(=O)CCc1ccc(F)c(F)c1)C(=O)N1CCN(c2ccc(Cl)c(Cl)c2)CC1. The molecule has 1 atom stereocenters. The second-order valence-corrected chi connectivity index (χ2v) is 9.26. The van der Waals surface area contributed by atoms with Gasteiger partial charge in [-0.25, -0.2) is 8.78 Å². The van der Waals surface area contributed by atoms with Crippen molar-refractivity contribution in [2.75, 3.05) is 31.1 Å². The van der Waals surface area contributed by atoms with Crippen molar-refractivity contribution in [1.29, 1.82) is 0 Å². The van der Waals surface area contributed by atoms with Gasteiger partial charge in [0.2, 0.25) is 11.8 Å². The Kier molecular flexibility index (Phi) is 8.54. The summed E-state index contributed by atoms with van der Waals surface area (Å²) in [7, 11) is 0. The van der Waals surface area contributed by atoms with Crippen LogP contribution in [0.1, 0.15) is 25.8 Å². The standard InChI is InChI=1S/C24H27Cl2F2N3O2/c1-15(2)23(29-22(32)8-4-16-3-7-20(27)21(28)13-16)24(33)31-11-9-30(10-12-31)17-5-6-18(25)19(26)14-17/h3,5-7,13-15,23H,4,8-12H2,1-2H3,(H,29,32)/t23-/m1/s1. The van der Waals surface area contributed by atoms with Crippen molar-refractivity contribution in [1.82, 2.24) is 10.2 Å². The van der Waals surface area contributed by atoms with E-state index in [0.717, 1.165) is 17.8 Å². The van der Waals surface area contributed by atoms with Crippen molar-refractivity contribution in [3.05, 3.63) is 63.6 Å². The summed E-state index contributed by atoms with van der Waals surface area (Å²) in [6, 6.07) is 8.38. The largest absolute Gasteiger partial charge is 0.368 e. The molecule has 2 aromatic rings. The Hall–Kier alpha value is -2.38. The van der Waals surface area contributed by atoms with Gasteiger partial charge in [0.25, 0.3) is 0 Å². The molecule has 1 N–H and O–H groups in total. The molecule has 0 aromatic heterocycles. The highest BCUT2D eigenvalue weighted by Gasteiger charge is 2.30. The number of carbonyl (C=O) groups is 2. The Bertz CT molecular complexity index is 1010. The van der Waals surface area contributed by atoms with Gasteiger partial charge in [-0.2, -0.15) is 0 Å². The summed E-state index contributed by atoms with van der Waals surface area (Å²) in [5, 5.41) is 3.80. The molecular weight excluding hydrogens is 471 g/mol. The molecule has 1 heterocycles. The Labute approximate surface area is 202 Å². The highest BCUT2D eigenvalue weighted by atomic mass is 35.5. The monoisotopic (exact) mass is 497 g/mol. The van der Waals surface area contributed by atoms with Crippen LogP contribution in [0.2, 0.25) is 10.0 Å². The quantitative estimate of drug-likeness (QED) is 0.603. The number of nitrogens with one attached hydrogen (secondary N) is 1. The van der Waals surface area contributed by atoms with Crippen LogP contribution in [0, 0.1) is 17.6 Å². The summed E-state index contributed by atoms with van der Waals surface area (Å²) in [5.41, 5.74) is 1.47. The fourth-order valence-electron chi connectivity index (χ4n) is 3.78. The van der Waals surface area contributed by atoms with Crippen LogP contribution in [0.3, 0.4) is 0 Å². The van der Waals surface area contributed by atoms with Crippen molar-refractivity contribution in [2.24, 2.45) is 5.92 Å². The van der Waals surface area contributed by atoms with Crippen LogP contribution in [0.5, 0.6) is 0 Å². The van der Waals surface area contributed by atoms with Gasteiger partial charge >= 0.3 is 0 Å². The third-order valence-corrected chi connectivity index (χ3v) is 6.47. The second-order valence-electron chi connectivity index (χ2n) is 8.45. The lowest BCUT2D eigenvalue weighted by Gasteiger charge is -2.38. The molecule has 2 amide bonds. The number of hydrogen-bond acceptors (Lipinski definition) is 3. The summed E-state index contributed by atoms with van der Waals surface area (Å²) in [5.74, 6) is -2.39. The summed E-state index contributed by atoms with van der Waals surface area (Å²) in [6.45, 7) is 6.07. The topological polar surface area (TPSA) is 52.7 Å². The molecule has 3 rings (SSSR count). The summed E-state index contributed by atoms with van der Waals surface area (Å²) < 4.78 is 26.4. The highest BCUT2D eigenvalue weighted by molar-refractivity contribution is 6.42. The fraction of sp³-hybridized carbons (Fsp3) is 0.417. The number of amides is 2. The number of aryl methyl sites for hydroxylation is 1. The zero-order valence-electron chi connectivity index (χ0n) is 18.6. The average Bonchev–Trinajstić information content (AvgIpc) is 2.79. The molecule has 0 saturated carbocycles. The minimum absolute atomic E-state index is 0.0761. The molecule has 2 aromatic carbocycles. The number of benzene rings is 2. The van der Waals surface area contributed by atoms with E-state index in [4.69, 9.17) is 23.2 Å². The molecule has 1 fully saturated rings. The zero-order chi connectivity index (χ0) is 24.1. The maximum absolute atomic E-state index is 13.4. The minimum Gasteiger partial charge on any atom is -0.368 e. The van der Waals surface area contributed by atoms with Crippen molar-refractivity contribution < 1.29 is 18.4 Å². The van der Waals surface area contributed by atoms with Crippen LogP contribution in [-0.2, 0) is 16.0 Å². The molecule has 0 bridgehead atoms. The first-order chi connectivity index (χ1) is 15.7. The first kappa shape index (κ1) is 25.2. The third kappa shape index (κ3) is 6.58. The number of nitrogens with zero attached hydrogens (tertiary/aromatic N) is 2. The predicted molar refractivity (Wildman–Crippen MR) is 127 cm³/mol. The van der Waals surface area contributed by atoms with Crippen LogP contribution in [-0.4, -0.2) is 48.9 Å². The molecular formula is C24H27Cl2F2N3O2. The van der Waals surface area contributed by atoms with Gasteiger partial charge in [-0.15, -0.1) is 0 Å². The van der Waals surface area contributed by atoms with E-state index in [9.17, 15) is 18.4 Å². The minimum atomic E-state index is -0.942. The molecule has 1 saturated heterocycles. The highest BCUT2D eigenvalue weighted by Crippen LogP contribution is 2.28. The number of halogens is 4. The number of carbonyl (C=O) groups excluding carboxylic acids is 2. The van der Waals surface area contributed by atoms with Gasteiger partial charge in [0.15, 0.2) is 11.6 Å². The smallest absolute Gasteiger partial charge is 0.245 e. The molecule has 0 radical (unpaired) electrons. The third-order valence-electron chi connectivity index (χ3n) is 5.73. The first-order valence-corrected chi connectivity index (χ1v) is 11.6. The molecule has 9 heteroatoms. The van der Waals surface area contributed by atoms with Gasteiger partial charge in [0.1, 0.15) is 6.04 Å². The van der Waals surface area contributed by atoms with Crippen molar-refractivity contribution in [3.63, 3.8) is 0 Å². The normalized spacial score (nSPS) is 15.0. The lowest BCUT2D eigenvalue weighted by Crippen LogP contribution is -2.56. The molecule has 5 nitrogen and oxygen atoms in total. The average molecular weight is 498 g/mol. The van der Waals surface area contributed by atoms with E-state index in [-0.39, 0.29) is 30.6 Å².